The molecule has 0 radical (unpaired) electrons. The molecule has 0 spiro atoms. The largest absolute Gasteiger partial charge is 0.399 e. The third-order valence-electron chi connectivity index (χ3n) is 3.95. The number of aliphatic hydroxyl groups is 2. The highest BCUT2D eigenvalue weighted by Crippen LogP contribution is 2.25. The van der Waals surface area contributed by atoms with Gasteiger partial charge in [0.15, 0.2) is 0 Å². The van der Waals surface area contributed by atoms with E-state index in [1.807, 2.05) is 48.3 Å². The summed E-state index contributed by atoms with van der Waals surface area (Å²) < 4.78 is 0. The van der Waals surface area contributed by atoms with Crippen molar-refractivity contribution >= 4 is 22.7 Å². The topological polar surface area (TPSA) is 99.0 Å². The van der Waals surface area contributed by atoms with Crippen molar-refractivity contribution in [1.82, 2.24) is 0 Å². The normalized spacial score (nSPS) is 10.6. The van der Waals surface area contributed by atoms with E-state index >= 15 is 0 Å². The van der Waals surface area contributed by atoms with Crippen LogP contribution in [0, 0.1) is 0 Å². The quantitative estimate of drug-likeness (QED) is 0.544. The molecule has 6 heteroatoms. The Hall–Kier alpha value is -2.44. The number of hydrogen-bond acceptors (Lipinski definition) is 6. The number of nitrogens with two attached hydrogens (primary N) is 2. The van der Waals surface area contributed by atoms with Crippen LogP contribution in [-0.4, -0.2) is 43.6 Å². The lowest BCUT2D eigenvalue weighted by atomic mass is 10.1. The fraction of sp³-hybridized carbons (Fsp3) is 0.333. The minimum atomic E-state index is 0.0416. The van der Waals surface area contributed by atoms with Gasteiger partial charge in [-0.3, -0.25) is 0 Å². The van der Waals surface area contributed by atoms with Crippen molar-refractivity contribution in [1.29, 1.82) is 0 Å². The van der Waals surface area contributed by atoms with Crippen molar-refractivity contribution in [3.8, 4) is 0 Å². The first kappa shape index (κ1) is 17.9. The molecule has 0 fully saturated rings. The maximum absolute atomic E-state index is 9.20. The molecule has 130 valence electrons. The summed E-state index contributed by atoms with van der Waals surface area (Å²) in [5, 5.41) is 18.4. The Morgan fingerprint density at radius 2 is 1.58 bits per heavy atom. The first-order valence-corrected chi connectivity index (χ1v) is 7.97. The molecule has 0 aliphatic rings. The Kier molecular flexibility index (Phi) is 6.28. The van der Waals surface area contributed by atoms with Gasteiger partial charge in [0.1, 0.15) is 0 Å². The van der Waals surface area contributed by atoms with E-state index in [1.54, 1.807) is 6.07 Å². The Balaban J connectivity index is 2.19. The van der Waals surface area contributed by atoms with E-state index in [2.05, 4.69) is 4.90 Å². The highest BCUT2D eigenvalue weighted by molar-refractivity contribution is 5.61. The molecule has 0 unspecified atom stereocenters. The summed E-state index contributed by atoms with van der Waals surface area (Å²) in [5.41, 5.74) is 16.2. The number of aliphatic hydroxyl groups excluding tert-OH is 2. The van der Waals surface area contributed by atoms with E-state index in [-0.39, 0.29) is 13.2 Å². The van der Waals surface area contributed by atoms with E-state index in [1.165, 1.54) is 0 Å². The van der Waals surface area contributed by atoms with Gasteiger partial charge < -0.3 is 31.5 Å². The molecular formula is C18H26N4O2. The predicted octanol–water partition coefficient (Wildman–Crippen LogP) is 1.28. The van der Waals surface area contributed by atoms with Crippen LogP contribution in [0.3, 0.4) is 0 Å². The molecule has 2 aromatic rings. The summed E-state index contributed by atoms with van der Waals surface area (Å²) in [5.74, 6) is 0. The second-order valence-electron chi connectivity index (χ2n) is 5.77. The molecule has 0 heterocycles. The molecule has 0 aliphatic carbocycles. The maximum atomic E-state index is 9.20. The highest BCUT2D eigenvalue weighted by Gasteiger charge is 2.10. The molecule has 0 amide bonds. The van der Waals surface area contributed by atoms with Crippen molar-refractivity contribution in [2.45, 2.75) is 6.54 Å². The molecule has 2 rings (SSSR count). The lowest BCUT2D eigenvalue weighted by Gasteiger charge is -2.26. The Morgan fingerprint density at radius 3 is 2.25 bits per heavy atom. The third-order valence-corrected chi connectivity index (χ3v) is 3.95. The number of nitrogen functional groups attached to an aromatic ring is 2. The molecule has 6 nitrogen and oxygen atoms in total. The molecule has 24 heavy (non-hydrogen) atoms. The number of hydrogen-bond donors (Lipinski definition) is 4. The monoisotopic (exact) mass is 330 g/mol. The van der Waals surface area contributed by atoms with Crippen LogP contribution >= 0.6 is 0 Å². The van der Waals surface area contributed by atoms with Crippen LogP contribution in [0.25, 0.3) is 0 Å². The third kappa shape index (κ3) is 4.53. The van der Waals surface area contributed by atoms with Gasteiger partial charge in [-0.15, -0.1) is 0 Å². The maximum Gasteiger partial charge on any atom is 0.0606 e. The molecule has 0 aromatic heterocycles. The summed E-state index contributed by atoms with van der Waals surface area (Å²) in [6, 6.07) is 13.5. The van der Waals surface area contributed by atoms with Gasteiger partial charge in [0, 0.05) is 49.4 Å². The molecule has 0 atom stereocenters. The zero-order chi connectivity index (χ0) is 17.5. The van der Waals surface area contributed by atoms with Gasteiger partial charge in [0.2, 0.25) is 0 Å². The molecule has 6 N–H and O–H groups in total. The van der Waals surface area contributed by atoms with E-state index < -0.39 is 0 Å². The first-order chi connectivity index (χ1) is 11.5. The van der Waals surface area contributed by atoms with Crippen LogP contribution < -0.4 is 21.3 Å². The second-order valence-corrected chi connectivity index (χ2v) is 5.77. The molecule has 0 bridgehead atoms. The fourth-order valence-corrected chi connectivity index (χ4v) is 2.65. The lowest BCUT2D eigenvalue weighted by molar-refractivity contribution is 0.281. The van der Waals surface area contributed by atoms with Crippen LogP contribution in [0.5, 0.6) is 0 Å². The predicted molar refractivity (Wildman–Crippen MR) is 100 cm³/mol. The van der Waals surface area contributed by atoms with Crippen molar-refractivity contribution in [2.24, 2.45) is 0 Å². The average Bonchev–Trinajstić information content (AvgIpc) is 2.58. The van der Waals surface area contributed by atoms with E-state index in [0.29, 0.717) is 25.3 Å². The van der Waals surface area contributed by atoms with Gasteiger partial charge in [-0.1, -0.05) is 6.07 Å². The summed E-state index contributed by atoms with van der Waals surface area (Å²) in [4.78, 5) is 4.04. The van der Waals surface area contributed by atoms with Crippen molar-refractivity contribution in [2.75, 3.05) is 54.6 Å². The number of anilines is 4. The Bertz CT molecular complexity index is 657. The standard InChI is InChI=1S/C18H26N4O2/c1-21(13-14-11-15(19)5-6-18(14)20)16-3-2-4-17(12-16)22(7-9-23)8-10-24/h2-6,11-12,23-24H,7-10,13,19-20H2,1H3. The van der Waals surface area contributed by atoms with Gasteiger partial charge >= 0.3 is 0 Å². The zero-order valence-corrected chi connectivity index (χ0v) is 14.0. The fourth-order valence-electron chi connectivity index (χ4n) is 2.65. The second kappa shape index (κ2) is 8.42. The Morgan fingerprint density at radius 1 is 0.917 bits per heavy atom. The van der Waals surface area contributed by atoms with Gasteiger partial charge in [-0.25, -0.2) is 0 Å². The minimum Gasteiger partial charge on any atom is -0.399 e. The minimum absolute atomic E-state index is 0.0416. The van der Waals surface area contributed by atoms with E-state index in [9.17, 15) is 10.2 Å². The molecule has 0 saturated heterocycles. The van der Waals surface area contributed by atoms with E-state index in [4.69, 9.17) is 11.5 Å². The summed E-state index contributed by atoms with van der Waals surface area (Å²) in [6.45, 7) is 1.69. The average molecular weight is 330 g/mol. The van der Waals surface area contributed by atoms with Crippen molar-refractivity contribution < 1.29 is 10.2 Å². The number of benzene rings is 2. The van der Waals surface area contributed by atoms with Crippen molar-refractivity contribution in [3.05, 3.63) is 48.0 Å². The van der Waals surface area contributed by atoms with Gasteiger partial charge in [0.05, 0.1) is 13.2 Å². The SMILES string of the molecule is CN(Cc1cc(N)ccc1N)c1cccc(N(CCO)CCO)c1. The molecule has 0 saturated carbocycles. The summed E-state index contributed by atoms with van der Waals surface area (Å²) in [6.07, 6.45) is 0. The first-order valence-electron chi connectivity index (χ1n) is 7.97. The summed E-state index contributed by atoms with van der Waals surface area (Å²) in [7, 11) is 1.99. The highest BCUT2D eigenvalue weighted by atomic mass is 16.3. The molecule has 0 aliphatic heterocycles. The van der Waals surface area contributed by atoms with E-state index in [0.717, 1.165) is 22.6 Å². The molecule has 2 aromatic carbocycles. The van der Waals surface area contributed by atoms with Crippen LogP contribution in [0.1, 0.15) is 5.56 Å². The van der Waals surface area contributed by atoms with Crippen LogP contribution in [-0.2, 0) is 6.54 Å². The Labute approximate surface area is 142 Å². The van der Waals surface area contributed by atoms with Crippen molar-refractivity contribution in [3.63, 3.8) is 0 Å². The number of rotatable bonds is 8. The summed E-state index contributed by atoms with van der Waals surface area (Å²) >= 11 is 0. The molecular weight excluding hydrogens is 304 g/mol. The van der Waals surface area contributed by atoms with Gasteiger partial charge in [0.25, 0.3) is 0 Å². The van der Waals surface area contributed by atoms with Crippen LogP contribution in [0.15, 0.2) is 42.5 Å². The van der Waals surface area contributed by atoms with Gasteiger partial charge in [-0.05, 0) is 42.0 Å². The zero-order valence-electron chi connectivity index (χ0n) is 14.0. The smallest absolute Gasteiger partial charge is 0.0606 e. The number of nitrogens with zero attached hydrogens (tertiary/aromatic N) is 2. The van der Waals surface area contributed by atoms with Crippen LogP contribution in [0.2, 0.25) is 0 Å². The van der Waals surface area contributed by atoms with Gasteiger partial charge in [-0.2, -0.15) is 0 Å². The van der Waals surface area contributed by atoms with Crippen LogP contribution in [0.4, 0.5) is 22.7 Å². The lowest BCUT2D eigenvalue weighted by Crippen LogP contribution is -2.29.